The van der Waals surface area contributed by atoms with Gasteiger partial charge in [0.05, 0.1) is 21.7 Å². The van der Waals surface area contributed by atoms with E-state index in [0.29, 0.717) is 0 Å². The summed E-state index contributed by atoms with van der Waals surface area (Å²) in [6.45, 7) is 3.88. The lowest BCUT2D eigenvalue weighted by atomic mass is 9.77. The topological polar surface area (TPSA) is 53.2 Å². The lowest BCUT2D eigenvalue weighted by Crippen LogP contribution is -2.19. The maximum absolute atomic E-state index is 9.43. The minimum Gasteiger partial charge on any atom is -0.508 e. The van der Waals surface area contributed by atoms with E-state index in [1.54, 1.807) is 36.4 Å². The quantitative estimate of drug-likeness (QED) is 0.922. The van der Waals surface area contributed by atoms with Gasteiger partial charge in [-0.05, 0) is 35.4 Å². The molecule has 3 nitrogen and oxygen atoms in total. The fourth-order valence-electron chi connectivity index (χ4n) is 2.19. The van der Waals surface area contributed by atoms with E-state index in [4.69, 9.17) is 20.5 Å². The van der Waals surface area contributed by atoms with E-state index in [0.717, 1.165) is 11.1 Å². The Morgan fingerprint density at radius 2 is 1.90 bits per heavy atom. The van der Waals surface area contributed by atoms with Crippen LogP contribution in [0.25, 0.3) is 0 Å². The van der Waals surface area contributed by atoms with Gasteiger partial charge in [-0.1, -0.05) is 37.6 Å². The molecule has 0 aliphatic rings. The molecule has 0 heterocycles. The number of halogens is 1. The Morgan fingerprint density at radius 3 is 2.48 bits per heavy atom. The van der Waals surface area contributed by atoms with E-state index in [1.165, 1.54) is 0 Å². The van der Waals surface area contributed by atoms with Gasteiger partial charge in [-0.2, -0.15) is 5.26 Å². The molecule has 2 rings (SSSR count). The van der Waals surface area contributed by atoms with Crippen molar-refractivity contribution in [2.24, 2.45) is 0 Å². The third kappa shape index (κ3) is 2.81. The normalized spacial score (nSPS) is 13.7. The van der Waals surface area contributed by atoms with E-state index < -0.39 is 12.5 Å². The molecule has 0 atom stereocenters. The molecule has 2 aromatic carbocycles. The molecule has 0 spiro atoms. The molecule has 0 bridgehead atoms. The molecule has 0 aliphatic heterocycles. The van der Waals surface area contributed by atoms with Crippen LogP contribution in [0.15, 0.2) is 36.4 Å². The van der Waals surface area contributed by atoms with Gasteiger partial charge in [0.15, 0.2) is 5.75 Å². The van der Waals surface area contributed by atoms with Gasteiger partial charge in [-0.15, -0.1) is 0 Å². The standard InChI is InChI=1S/C17H16ClNO2/c1-17(2,12-4-6-14(20)7-5-12)13-8-11(10-19)16(21-3)15(18)9-13/h4-9,20H,1-3H3/i3D3. The van der Waals surface area contributed by atoms with Crippen molar-refractivity contribution in [2.75, 3.05) is 7.04 Å². The summed E-state index contributed by atoms with van der Waals surface area (Å²) in [6.07, 6.45) is 0. The number of nitriles is 1. The van der Waals surface area contributed by atoms with Gasteiger partial charge < -0.3 is 9.84 Å². The van der Waals surface area contributed by atoms with E-state index in [1.807, 2.05) is 19.9 Å². The van der Waals surface area contributed by atoms with Crippen LogP contribution in [0.1, 0.15) is 34.7 Å². The van der Waals surface area contributed by atoms with Gasteiger partial charge in [0.2, 0.25) is 0 Å². The largest absolute Gasteiger partial charge is 0.508 e. The summed E-state index contributed by atoms with van der Waals surface area (Å²) in [7, 11) is -2.69. The average Bonchev–Trinajstić information content (AvgIpc) is 2.48. The first-order valence-electron chi connectivity index (χ1n) is 7.77. The zero-order chi connectivity index (χ0) is 18.1. The zero-order valence-corrected chi connectivity index (χ0v) is 12.4. The molecule has 0 radical (unpaired) electrons. The second-order valence-corrected chi connectivity index (χ2v) is 5.63. The fraction of sp³-hybridized carbons (Fsp3) is 0.235. The molecule has 108 valence electrons. The van der Waals surface area contributed by atoms with Crippen LogP contribution in [0.4, 0.5) is 0 Å². The molecule has 4 heteroatoms. The molecule has 0 aliphatic carbocycles. The van der Waals surface area contributed by atoms with Crippen LogP contribution in [-0.4, -0.2) is 12.1 Å². The lowest BCUT2D eigenvalue weighted by Gasteiger charge is -2.27. The highest BCUT2D eigenvalue weighted by Crippen LogP contribution is 2.38. The Bertz CT molecular complexity index is 793. The summed E-state index contributed by atoms with van der Waals surface area (Å²) >= 11 is 6.17. The van der Waals surface area contributed by atoms with Crippen molar-refractivity contribution in [3.05, 3.63) is 58.1 Å². The van der Waals surface area contributed by atoms with Crippen molar-refractivity contribution in [2.45, 2.75) is 19.3 Å². The highest BCUT2D eigenvalue weighted by molar-refractivity contribution is 6.32. The summed E-state index contributed by atoms with van der Waals surface area (Å²) in [4.78, 5) is 0. The van der Waals surface area contributed by atoms with Crippen LogP contribution in [0.5, 0.6) is 11.5 Å². The third-order valence-corrected chi connectivity index (χ3v) is 3.86. The van der Waals surface area contributed by atoms with Crippen molar-refractivity contribution in [3.63, 3.8) is 0 Å². The van der Waals surface area contributed by atoms with Gasteiger partial charge in [0.25, 0.3) is 0 Å². The summed E-state index contributed by atoms with van der Waals surface area (Å²) in [5, 5.41) is 18.8. The van der Waals surface area contributed by atoms with Gasteiger partial charge in [-0.25, -0.2) is 0 Å². The van der Waals surface area contributed by atoms with Crippen molar-refractivity contribution >= 4 is 11.6 Å². The fourth-order valence-corrected chi connectivity index (χ4v) is 2.44. The number of hydrogen-bond acceptors (Lipinski definition) is 3. The number of benzene rings is 2. The number of aromatic hydroxyl groups is 1. The van der Waals surface area contributed by atoms with Crippen LogP contribution in [-0.2, 0) is 5.41 Å². The highest BCUT2D eigenvalue weighted by Gasteiger charge is 2.25. The summed E-state index contributed by atoms with van der Waals surface area (Å²) in [6, 6.07) is 11.8. The summed E-state index contributed by atoms with van der Waals surface area (Å²) in [5.41, 5.74) is 1.18. The smallest absolute Gasteiger partial charge is 0.155 e. The highest BCUT2D eigenvalue weighted by atomic mass is 35.5. The molecule has 21 heavy (non-hydrogen) atoms. The van der Waals surface area contributed by atoms with Crippen molar-refractivity contribution < 1.29 is 14.0 Å². The van der Waals surface area contributed by atoms with E-state index in [-0.39, 0.29) is 22.1 Å². The molecule has 0 fully saturated rings. The van der Waals surface area contributed by atoms with Crippen molar-refractivity contribution in [3.8, 4) is 17.6 Å². The Balaban J connectivity index is 2.54. The molecule has 0 saturated carbocycles. The van der Waals surface area contributed by atoms with Gasteiger partial charge in [0, 0.05) is 5.41 Å². The average molecular weight is 305 g/mol. The Kier molecular flexibility index (Phi) is 3.10. The number of nitrogens with zero attached hydrogens (tertiary/aromatic N) is 1. The first kappa shape index (κ1) is 11.5. The van der Waals surface area contributed by atoms with Crippen molar-refractivity contribution in [1.29, 1.82) is 5.26 Å². The Labute approximate surface area is 133 Å². The Morgan fingerprint density at radius 1 is 1.24 bits per heavy atom. The SMILES string of the molecule is [2H]C([2H])([2H])Oc1c(Cl)cc(C(C)(C)c2ccc(O)cc2)cc1C#N. The van der Waals surface area contributed by atoms with Crippen LogP contribution in [0.2, 0.25) is 5.02 Å². The number of ether oxygens (including phenoxy) is 1. The van der Waals surface area contributed by atoms with E-state index in [2.05, 4.69) is 0 Å². The number of hydrogen-bond donors (Lipinski definition) is 1. The summed E-state index contributed by atoms with van der Waals surface area (Å²) < 4.78 is 26.4. The molecular formula is C17H16ClNO2. The lowest BCUT2D eigenvalue weighted by molar-refractivity contribution is 0.413. The van der Waals surface area contributed by atoms with Gasteiger partial charge >= 0.3 is 0 Å². The predicted octanol–water partition coefficient (Wildman–Crippen LogP) is 4.25. The minimum absolute atomic E-state index is 0.0560. The monoisotopic (exact) mass is 304 g/mol. The van der Waals surface area contributed by atoms with Crippen molar-refractivity contribution in [1.82, 2.24) is 0 Å². The number of phenolic OH excluding ortho intramolecular Hbond substituents is 1. The van der Waals surface area contributed by atoms with E-state index in [9.17, 15) is 10.4 Å². The van der Waals surface area contributed by atoms with Crippen LogP contribution in [0, 0.1) is 11.3 Å². The molecule has 0 aromatic heterocycles. The maximum atomic E-state index is 9.43. The minimum atomic E-state index is -2.69. The van der Waals surface area contributed by atoms with Crippen LogP contribution < -0.4 is 4.74 Å². The molecule has 0 amide bonds. The maximum Gasteiger partial charge on any atom is 0.155 e. The first-order valence-corrected chi connectivity index (χ1v) is 6.65. The number of phenols is 1. The number of methoxy groups -OCH3 is 1. The second-order valence-electron chi connectivity index (χ2n) is 5.22. The van der Waals surface area contributed by atoms with E-state index >= 15 is 0 Å². The predicted molar refractivity (Wildman–Crippen MR) is 83.0 cm³/mol. The Hall–Kier alpha value is -2.18. The zero-order valence-electron chi connectivity index (χ0n) is 14.6. The third-order valence-electron chi connectivity index (χ3n) is 3.58. The number of rotatable bonds is 3. The van der Waals surface area contributed by atoms with Crippen LogP contribution >= 0.6 is 11.6 Å². The first-order chi connectivity index (χ1) is 11.0. The second kappa shape index (κ2) is 5.67. The van der Waals surface area contributed by atoms with Crippen LogP contribution in [0.3, 0.4) is 0 Å². The van der Waals surface area contributed by atoms with Gasteiger partial charge in [0.1, 0.15) is 11.8 Å². The molecular weight excluding hydrogens is 286 g/mol. The summed E-state index contributed by atoms with van der Waals surface area (Å²) in [5.74, 6) is 0.0103. The molecule has 2 aromatic rings. The molecule has 1 N–H and O–H groups in total. The molecule has 0 unspecified atom stereocenters. The molecule has 0 saturated heterocycles. The van der Waals surface area contributed by atoms with Gasteiger partial charge in [-0.3, -0.25) is 0 Å².